The maximum Gasteiger partial charge on any atom is 0.475 e. The summed E-state index contributed by atoms with van der Waals surface area (Å²) in [7, 11) is -1.74. The number of carbonyl (C=O) groups excluding carboxylic acids is 2. The van der Waals surface area contributed by atoms with Crippen molar-refractivity contribution in [3.8, 4) is 6.07 Å². The highest BCUT2D eigenvalue weighted by atomic mass is 16.5. The standard InChI is InChI=1S/C24H34BN3O5/c1-17-7-9-18(10-8-17)12-21(25(31)32)27-23(30)33-16-19-6-5-11-28(15-19)22(29)20(14-26)13-24(2,3)4/h7-10,13,19,21,31-32H,5-6,11-12,15-16H2,1-4H3,(H,27,30)/b20-13+/t19-,21-/m0/s1. The van der Waals surface area contributed by atoms with Crippen molar-refractivity contribution in [3.63, 3.8) is 0 Å². The Balaban J connectivity index is 1.89. The number of piperidine rings is 1. The van der Waals surface area contributed by atoms with E-state index in [1.54, 1.807) is 11.0 Å². The summed E-state index contributed by atoms with van der Waals surface area (Å²) in [6.07, 6.45) is 2.72. The fourth-order valence-electron chi connectivity index (χ4n) is 3.73. The van der Waals surface area contributed by atoms with Crippen LogP contribution in [0.1, 0.15) is 44.7 Å². The van der Waals surface area contributed by atoms with Gasteiger partial charge in [-0.05, 0) is 37.2 Å². The number of benzene rings is 1. The lowest BCUT2D eigenvalue weighted by atomic mass is 9.76. The van der Waals surface area contributed by atoms with Crippen molar-refractivity contribution in [1.29, 1.82) is 5.26 Å². The lowest BCUT2D eigenvalue weighted by Gasteiger charge is -2.32. The van der Waals surface area contributed by atoms with E-state index in [0.717, 1.165) is 24.0 Å². The topological polar surface area (TPSA) is 123 Å². The van der Waals surface area contributed by atoms with Crippen LogP contribution < -0.4 is 5.32 Å². The van der Waals surface area contributed by atoms with E-state index < -0.39 is 19.2 Å². The van der Waals surface area contributed by atoms with Gasteiger partial charge in [0.05, 0.1) is 12.5 Å². The maximum absolute atomic E-state index is 12.8. The van der Waals surface area contributed by atoms with Gasteiger partial charge in [-0.15, -0.1) is 0 Å². The zero-order chi connectivity index (χ0) is 24.6. The first-order valence-corrected chi connectivity index (χ1v) is 11.3. The van der Waals surface area contributed by atoms with Crippen LogP contribution in [0.2, 0.25) is 0 Å². The maximum atomic E-state index is 12.8. The van der Waals surface area contributed by atoms with E-state index in [1.165, 1.54) is 0 Å². The Morgan fingerprint density at radius 1 is 1.33 bits per heavy atom. The van der Waals surface area contributed by atoms with Crippen molar-refractivity contribution in [2.24, 2.45) is 11.3 Å². The van der Waals surface area contributed by atoms with E-state index >= 15 is 0 Å². The van der Waals surface area contributed by atoms with Gasteiger partial charge in [0.15, 0.2) is 0 Å². The fourth-order valence-corrected chi connectivity index (χ4v) is 3.73. The van der Waals surface area contributed by atoms with Crippen LogP contribution in [0.4, 0.5) is 4.79 Å². The number of ether oxygens (including phenoxy) is 1. The first-order chi connectivity index (χ1) is 15.5. The van der Waals surface area contributed by atoms with Crippen LogP contribution in [0.15, 0.2) is 35.9 Å². The summed E-state index contributed by atoms with van der Waals surface area (Å²) in [5, 5.41) is 31.2. The van der Waals surface area contributed by atoms with Crippen LogP contribution in [-0.4, -0.2) is 59.7 Å². The third-order valence-corrected chi connectivity index (χ3v) is 5.42. The van der Waals surface area contributed by atoms with E-state index in [2.05, 4.69) is 5.32 Å². The second-order valence-electron chi connectivity index (χ2n) is 9.75. The molecule has 1 heterocycles. The van der Waals surface area contributed by atoms with E-state index in [4.69, 9.17) is 4.74 Å². The normalized spacial score (nSPS) is 17.7. The van der Waals surface area contributed by atoms with E-state index in [1.807, 2.05) is 58.0 Å². The summed E-state index contributed by atoms with van der Waals surface area (Å²) >= 11 is 0. The van der Waals surface area contributed by atoms with Gasteiger partial charge in [-0.3, -0.25) is 4.79 Å². The molecular formula is C24H34BN3O5. The lowest BCUT2D eigenvalue weighted by Crippen LogP contribution is -2.48. The molecular weight excluding hydrogens is 421 g/mol. The van der Waals surface area contributed by atoms with Crippen molar-refractivity contribution in [2.75, 3.05) is 19.7 Å². The predicted octanol–water partition coefficient (Wildman–Crippen LogP) is 2.38. The zero-order valence-electron chi connectivity index (χ0n) is 19.9. The molecule has 1 aromatic rings. The molecule has 9 heteroatoms. The van der Waals surface area contributed by atoms with Crippen LogP contribution in [0.25, 0.3) is 0 Å². The molecule has 0 saturated carbocycles. The first kappa shape index (κ1) is 26.4. The summed E-state index contributed by atoms with van der Waals surface area (Å²) in [5.74, 6) is -1.27. The number of amides is 2. The van der Waals surface area contributed by atoms with Gasteiger partial charge in [-0.1, -0.05) is 56.7 Å². The molecule has 0 bridgehead atoms. The molecule has 2 amide bonds. The molecule has 8 nitrogen and oxygen atoms in total. The summed E-state index contributed by atoms with van der Waals surface area (Å²) in [4.78, 5) is 26.7. The molecule has 0 spiro atoms. The van der Waals surface area contributed by atoms with Crippen molar-refractivity contribution < 1.29 is 24.4 Å². The summed E-state index contributed by atoms with van der Waals surface area (Å²) in [6.45, 7) is 8.79. The second-order valence-corrected chi connectivity index (χ2v) is 9.75. The van der Waals surface area contributed by atoms with Gasteiger partial charge in [-0.2, -0.15) is 5.26 Å². The van der Waals surface area contributed by atoms with Gasteiger partial charge in [0.1, 0.15) is 11.6 Å². The first-order valence-electron chi connectivity index (χ1n) is 11.3. The number of allylic oxidation sites excluding steroid dienone is 1. The van der Waals surface area contributed by atoms with E-state index in [-0.39, 0.29) is 35.8 Å². The molecule has 1 fully saturated rings. The predicted molar refractivity (Wildman–Crippen MR) is 126 cm³/mol. The highest BCUT2D eigenvalue weighted by molar-refractivity contribution is 6.43. The van der Waals surface area contributed by atoms with Crippen LogP contribution in [0, 0.1) is 29.6 Å². The third kappa shape index (κ3) is 8.91. The van der Waals surface area contributed by atoms with Crippen molar-refractivity contribution >= 4 is 19.1 Å². The summed E-state index contributed by atoms with van der Waals surface area (Å²) in [5.41, 5.74) is 1.78. The van der Waals surface area contributed by atoms with E-state index in [0.29, 0.717) is 13.1 Å². The summed E-state index contributed by atoms with van der Waals surface area (Å²) < 4.78 is 5.32. The number of nitrogens with zero attached hydrogens (tertiary/aromatic N) is 2. The number of likely N-dealkylation sites (tertiary alicyclic amines) is 1. The quantitative estimate of drug-likeness (QED) is 0.330. The fraction of sp³-hybridized carbons (Fsp3) is 0.542. The largest absolute Gasteiger partial charge is 0.475 e. The number of nitrogens with one attached hydrogen (secondary N) is 1. The Morgan fingerprint density at radius 3 is 2.58 bits per heavy atom. The van der Waals surface area contributed by atoms with Gasteiger partial charge in [0.2, 0.25) is 0 Å². The van der Waals surface area contributed by atoms with Crippen LogP contribution in [-0.2, 0) is 16.0 Å². The van der Waals surface area contributed by atoms with Crippen molar-refractivity contribution in [1.82, 2.24) is 10.2 Å². The average molecular weight is 455 g/mol. The number of hydrogen-bond donors (Lipinski definition) is 3. The molecule has 0 aliphatic carbocycles. The van der Waals surface area contributed by atoms with Crippen LogP contribution in [0.3, 0.4) is 0 Å². The second kappa shape index (κ2) is 11.9. The van der Waals surface area contributed by atoms with E-state index in [9.17, 15) is 24.9 Å². The molecule has 178 valence electrons. The Kier molecular flexibility index (Phi) is 9.50. The van der Waals surface area contributed by atoms with Crippen molar-refractivity contribution in [2.45, 2.75) is 52.9 Å². The Labute approximate surface area is 196 Å². The molecule has 1 aliphatic rings. The Morgan fingerprint density at radius 2 is 2.00 bits per heavy atom. The average Bonchev–Trinajstić information content (AvgIpc) is 2.76. The number of aryl methyl sites for hydroxylation is 1. The molecule has 1 saturated heterocycles. The number of rotatable bonds is 7. The summed E-state index contributed by atoms with van der Waals surface area (Å²) in [6, 6.07) is 9.57. The molecule has 1 aliphatic heterocycles. The monoisotopic (exact) mass is 455 g/mol. The zero-order valence-corrected chi connectivity index (χ0v) is 19.9. The molecule has 3 N–H and O–H groups in total. The van der Waals surface area contributed by atoms with Crippen LogP contribution >= 0.6 is 0 Å². The van der Waals surface area contributed by atoms with Crippen molar-refractivity contribution in [3.05, 3.63) is 47.0 Å². The molecule has 0 aromatic heterocycles. The Hall–Kier alpha value is -2.83. The molecule has 33 heavy (non-hydrogen) atoms. The smallest absolute Gasteiger partial charge is 0.449 e. The number of carbonyl (C=O) groups is 2. The van der Waals surface area contributed by atoms with Gasteiger partial charge in [0, 0.05) is 19.0 Å². The minimum Gasteiger partial charge on any atom is -0.449 e. The Bertz CT molecular complexity index is 887. The SMILES string of the molecule is Cc1ccc(C[C@H](NC(=O)OC[C@H]2CCCN(C(=O)/C(C#N)=C/C(C)(C)C)C2)B(O)O)cc1. The minimum atomic E-state index is -1.74. The van der Waals surface area contributed by atoms with Gasteiger partial charge in [-0.25, -0.2) is 4.79 Å². The minimum absolute atomic E-state index is 0.0578. The van der Waals surface area contributed by atoms with Gasteiger partial charge < -0.3 is 25.0 Å². The molecule has 0 radical (unpaired) electrons. The lowest BCUT2D eigenvalue weighted by molar-refractivity contribution is -0.128. The molecule has 1 aromatic carbocycles. The van der Waals surface area contributed by atoms with Crippen LogP contribution in [0.5, 0.6) is 0 Å². The highest BCUT2D eigenvalue weighted by Gasteiger charge is 2.29. The molecule has 2 atom stereocenters. The highest BCUT2D eigenvalue weighted by Crippen LogP contribution is 2.22. The number of hydrogen-bond acceptors (Lipinski definition) is 6. The number of alkyl carbamates (subject to hydrolysis) is 1. The van der Waals surface area contributed by atoms with Gasteiger partial charge in [0.25, 0.3) is 5.91 Å². The number of nitriles is 1. The third-order valence-electron chi connectivity index (χ3n) is 5.42. The molecule has 0 unspecified atom stereocenters. The van der Waals surface area contributed by atoms with Gasteiger partial charge >= 0.3 is 13.2 Å². The molecule has 2 rings (SSSR count).